The number of hydrogen-bond acceptors (Lipinski definition) is 3. The maximum atomic E-state index is 10.1. The first-order valence-corrected chi connectivity index (χ1v) is 19.7. The first-order valence-electron chi connectivity index (χ1n) is 14.6. The summed E-state index contributed by atoms with van der Waals surface area (Å²) in [6.45, 7) is 0. The number of benzene rings is 2. The Hall–Kier alpha value is -0.630. The highest BCUT2D eigenvalue weighted by Gasteiger charge is 2.09. The van der Waals surface area contributed by atoms with E-state index in [-0.39, 0.29) is 11.4 Å². The van der Waals surface area contributed by atoms with Crippen LogP contribution in [0.4, 0.5) is 0 Å². The van der Waals surface area contributed by atoms with E-state index in [0.29, 0.717) is 29.1 Å². The molecule has 5 rings (SSSR count). The molecule has 8 N–H and O–H groups in total. The maximum Gasteiger partial charge on any atom is 0.185 e. The van der Waals surface area contributed by atoms with Gasteiger partial charge < -0.3 is 27.0 Å². The Morgan fingerprint density at radius 3 is 1.21 bits per heavy atom. The highest BCUT2D eigenvalue weighted by Crippen LogP contribution is 2.57. The molecule has 3 aliphatic rings. The Kier molecular flexibility index (Phi) is 17.9. The zero-order chi connectivity index (χ0) is 27.5. The van der Waals surface area contributed by atoms with Crippen LogP contribution in [0, 0.1) is 0 Å². The van der Waals surface area contributed by atoms with Gasteiger partial charge in [-0.1, -0.05) is 106 Å². The van der Waals surface area contributed by atoms with Crippen LogP contribution in [0.3, 0.4) is 0 Å². The summed E-state index contributed by atoms with van der Waals surface area (Å²) < 4.78 is 0. The molecule has 0 atom stereocenters. The Balaban J connectivity index is 0.000000199. The quantitative estimate of drug-likeness (QED) is 0.179. The van der Waals surface area contributed by atoms with Crippen molar-refractivity contribution in [3.05, 3.63) is 60.7 Å². The molecule has 0 radical (unpaired) electrons. The fourth-order valence-electron chi connectivity index (χ4n) is 4.77. The van der Waals surface area contributed by atoms with Gasteiger partial charge in [-0.2, -0.15) is 11.4 Å². The van der Waals surface area contributed by atoms with Gasteiger partial charge in [0.25, 0.3) is 0 Å². The van der Waals surface area contributed by atoms with Crippen molar-refractivity contribution in [2.45, 2.75) is 124 Å². The summed E-state index contributed by atoms with van der Waals surface area (Å²) in [6.07, 6.45) is 20.0. The fourth-order valence-corrected chi connectivity index (χ4v) is 11.7. The van der Waals surface area contributed by atoms with Crippen molar-refractivity contribution in [3.8, 4) is 0 Å². The van der Waals surface area contributed by atoms with E-state index in [4.69, 9.17) is 17.2 Å². The van der Waals surface area contributed by atoms with Gasteiger partial charge in [-0.15, -0.1) is 10.9 Å². The molecule has 0 aromatic heterocycles. The Bertz CT molecular complexity index is 843. The molecule has 0 amide bonds. The molecule has 0 spiro atoms. The third-order valence-corrected chi connectivity index (χ3v) is 13.7. The molecule has 2 aromatic carbocycles. The average molecular weight is 584 g/mol. The van der Waals surface area contributed by atoms with Crippen molar-refractivity contribution in [1.82, 2.24) is 0 Å². The van der Waals surface area contributed by atoms with Gasteiger partial charge in [-0.05, 0) is 55.6 Å². The molecule has 0 unspecified atom stereocenters. The summed E-state index contributed by atoms with van der Waals surface area (Å²) in [5.74, 6) is 0. The van der Waals surface area contributed by atoms with E-state index in [1.807, 2.05) is 60.7 Å². The van der Waals surface area contributed by atoms with E-state index in [2.05, 4.69) is 0 Å². The average Bonchev–Trinajstić information content (AvgIpc) is 2.92. The lowest BCUT2D eigenvalue weighted by atomic mass is 9.97. The first kappa shape index (κ1) is 33.6. The van der Waals surface area contributed by atoms with Crippen molar-refractivity contribution in [3.63, 3.8) is 0 Å². The fraction of sp³-hybridized carbons (Fsp3) is 0.600. The van der Waals surface area contributed by atoms with E-state index >= 15 is 0 Å². The van der Waals surface area contributed by atoms with Crippen LogP contribution in [0.2, 0.25) is 0 Å². The van der Waals surface area contributed by atoms with Crippen molar-refractivity contribution < 1.29 is 9.79 Å². The van der Waals surface area contributed by atoms with Crippen LogP contribution in [0.1, 0.15) is 96.3 Å². The minimum Gasteiger partial charge on any atom is -0.342 e. The second-order valence-electron chi connectivity index (χ2n) is 10.7. The highest BCUT2D eigenvalue weighted by molar-refractivity contribution is 8.69. The van der Waals surface area contributed by atoms with E-state index in [1.54, 1.807) is 0 Å². The van der Waals surface area contributed by atoms with Gasteiger partial charge in [0, 0.05) is 23.0 Å². The minimum atomic E-state index is -2.89. The zero-order valence-electron chi connectivity index (χ0n) is 23.1. The van der Waals surface area contributed by atoms with Gasteiger partial charge in [0.05, 0.1) is 0 Å². The van der Waals surface area contributed by atoms with Gasteiger partial charge in [-0.25, -0.2) is 0 Å². The van der Waals surface area contributed by atoms with E-state index in [9.17, 15) is 9.79 Å². The Morgan fingerprint density at radius 2 is 0.895 bits per heavy atom. The predicted octanol–water partition coefficient (Wildman–Crippen LogP) is 6.61. The van der Waals surface area contributed by atoms with Crippen molar-refractivity contribution in [1.29, 1.82) is 0 Å². The molecule has 0 saturated heterocycles. The predicted molar refractivity (Wildman–Crippen MR) is 173 cm³/mol. The van der Waals surface area contributed by atoms with Crippen molar-refractivity contribution in [2.75, 3.05) is 0 Å². The first-order chi connectivity index (χ1) is 18.3. The minimum absolute atomic E-state index is 0.0666. The van der Waals surface area contributed by atoms with Gasteiger partial charge >= 0.3 is 0 Å². The molecule has 38 heavy (non-hydrogen) atoms. The third kappa shape index (κ3) is 17.1. The summed E-state index contributed by atoms with van der Waals surface area (Å²) >= 11 is 0.0666. The lowest BCUT2D eigenvalue weighted by molar-refractivity contribution is 0.441. The van der Waals surface area contributed by atoms with E-state index < -0.39 is 5.69 Å². The Morgan fingerprint density at radius 1 is 0.553 bits per heavy atom. The molecule has 218 valence electrons. The number of nitrogens with two attached hydrogens (primary N) is 3. The normalized spacial score (nSPS) is 19.6. The van der Waals surface area contributed by atoms with Gasteiger partial charge in [-0.3, -0.25) is 0 Å². The Labute approximate surface area is 239 Å². The number of rotatable bonds is 3. The van der Waals surface area contributed by atoms with Crippen LogP contribution in [0.15, 0.2) is 70.5 Å². The van der Waals surface area contributed by atoms with Crippen LogP contribution in [-0.4, -0.2) is 27.9 Å². The van der Waals surface area contributed by atoms with Crippen LogP contribution >= 0.6 is 17.1 Å². The molecular formula is C30H54N3O2PS2. The molecular weight excluding hydrogens is 529 g/mol. The second kappa shape index (κ2) is 20.3. The molecule has 0 bridgehead atoms. The summed E-state index contributed by atoms with van der Waals surface area (Å²) in [7, 11) is 0.633. The molecule has 3 fully saturated rings. The molecule has 3 saturated carbocycles. The zero-order valence-corrected chi connectivity index (χ0v) is 25.9. The monoisotopic (exact) mass is 583 g/mol. The van der Waals surface area contributed by atoms with E-state index in [1.165, 1.54) is 96.3 Å². The molecule has 0 heterocycles. The summed E-state index contributed by atoms with van der Waals surface area (Å²) in [4.78, 5) is 22.1. The van der Waals surface area contributed by atoms with Crippen LogP contribution in [0.25, 0.3) is 0 Å². The van der Waals surface area contributed by atoms with Gasteiger partial charge in [0.1, 0.15) is 0 Å². The summed E-state index contributed by atoms with van der Waals surface area (Å²) in [6, 6.07) is 20.8. The van der Waals surface area contributed by atoms with E-state index in [0.717, 1.165) is 9.79 Å². The van der Waals surface area contributed by atoms with Crippen LogP contribution < -0.4 is 17.2 Å². The third-order valence-electron chi connectivity index (χ3n) is 7.01. The topological polar surface area (TPSA) is 119 Å². The smallest absolute Gasteiger partial charge is 0.185 e. The maximum absolute atomic E-state index is 10.1. The SMILES string of the molecule is NC1CCCCC1.NC1CCCCC1.NC1CCCCC1.OP(O)(=[SH]c1ccccc1)[SH2]c1ccccc1. The van der Waals surface area contributed by atoms with Crippen LogP contribution in [-0.2, 0) is 10.9 Å². The molecule has 8 heteroatoms. The largest absolute Gasteiger partial charge is 0.342 e. The number of thiol groups is 1. The molecule has 3 aliphatic carbocycles. The molecule has 5 nitrogen and oxygen atoms in total. The van der Waals surface area contributed by atoms with Crippen molar-refractivity contribution >= 4 is 28.0 Å². The standard InChI is InChI=1S/C12H15O2PS2.3C6H13N/c13-15(14,16-11-7-3-1-4-8-11)17-12-9-5-2-6-10-12;3*7-6-4-2-1-3-5-6/h1-10,13-14,16H,17H2;3*6H,1-5,7H2. The lowest BCUT2D eigenvalue weighted by Crippen LogP contribution is -2.22. The van der Waals surface area contributed by atoms with Gasteiger partial charge in [0.2, 0.25) is 0 Å². The van der Waals surface area contributed by atoms with Gasteiger partial charge in [0.15, 0.2) is 5.69 Å². The molecule has 0 aliphatic heterocycles. The second-order valence-corrected chi connectivity index (χ2v) is 19.3. The highest BCUT2D eigenvalue weighted by atomic mass is 32.9. The summed E-state index contributed by atoms with van der Waals surface area (Å²) in [5, 5.41) is 0. The number of hydrogen-bond donors (Lipinski definition) is 6. The summed E-state index contributed by atoms with van der Waals surface area (Å²) in [5.41, 5.74) is 14.0. The molecule has 2 aromatic rings. The lowest BCUT2D eigenvalue weighted by Gasteiger charge is -2.15. The van der Waals surface area contributed by atoms with Crippen LogP contribution in [0.5, 0.6) is 0 Å². The van der Waals surface area contributed by atoms with Crippen molar-refractivity contribution in [2.24, 2.45) is 17.2 Å².